The second-order valence-corrected chi connectivity index (χ2v) is 32.9. The number of hydrogen-bond acceptors (Lipinski definition) is 31. The SMILES string of the molecule is CCOC(=O)c1c(C)cccc1OC.CCOC(=O)c1c(CBr)cccc1OC.CCOc1c(Nc2ccc3c(c2O)C(=O)N(C)C3)c(=O)c1=O.CN1Cc2ccc(N)c(O)c2C1=O.CN1Cc2ccc([N+](=O)[O-])c(O)c2C1=O.CN1Cc2cccc(O)c2C1=O.COc1cccc2c1C(=O)N(C)C2.Cc1ccc(C(Nc2c(Nc3ccc4c(c3O)C(=O)N(C)C4)c(=O)c2=O)C2(C)COC2)o1. The average molecular weight is 1930 g/mol. The second-order valence-electron chi connectivity index (χ2n) is 32.4. The van der Waals surface area contributed by atoms with Crippen molar-refractivity contribution in [3.63, 3.8) is 0 Å². The number of aryl methyl sites for hydroxylation is 2. The van der Waals surface area contributed by atoms with E-state index >= 15 is 0 Å². The third kappa shape index (κ3) is 20.7. The number of nitro groups is 1. The van der Waals surface area contributed by atoms with Gasteiger partial charge < -0.3 is 114 Å². The number of phenolic OH excluding ortho intramolecular Hbond substituents is 5. The fourth-order valence-corrected chi connectivity index (χ4v) is 16.2. The molecule has 1 saturated heterocycles. The summed E-state index contributed by atoms with van der Waals surface area (Å²) >= 11 is 3.33. The monoisotopic (exact) mass is 1930 g/mol. The Balaban J connectivity index is 0.000000153. The van der Waals surface area contributed by atoms with Crippen LogP contribution in [0.5, 0.6) is 51.7 Å². The largest absolute Gasteiger partial charge is 0.507 e. The number of nitrogens with zero attached hydrogens (tertiary/aromatic N) is 7. The van der Waals surface area contributed by atoms with Gasteiger partial charge in [0.1, 0.15) is 62.7 Å². The first kappa shape index (κ1) is 101. The fraction of sp³-hybridized carbons (Fsp3) is 0.299. The number of carbonyl (C=O) groups is 8. The highest BCUT2D eigenvalue weighted by molar-refractivity contribution is 9.08. The number of phenols is 5. The van der Waals surface area contributed by atoms with Crippen molar-refractivity contribution in [3.8, 4) is 51.7 Å². The van der Waals surface area contributed by atoms with Crippen LogP contribution < -0.4 is 62.3 Å². The first-order valence-electron chi connectivity index (χ1n) is 42.4. The maximum Gasteiger partial charge on any atom is 0.342 e. The summed E-state index contributed by atoms with van der Waals surface area (Å²) in [5, 5.41) is 69.3. The normalized spacial score (nSPS) is 14.2. The van der Waals surface area contributed by atoms with Crippen molar-refractivity contribution in [2.24, 2.45) is 5.41 Å². The maximum absolute atomic E-state index is 12.4. The summed E-state index contributed by atoms with van der Waals surface area (Å²) in [4.78, 5) is 160. The molecule has 1 aromatic heterocycles. The van der Waals surface area contributed by atoms with Gasteiger partial charge in [-0.05, 0) is 140 Å². The van der Waals surface area contributed by atoms with E-state index in [1.807, 2.05) is 81.4 Å². The highest BCUT2D eigenvalue weighted by atomic mass is 79.9. The van der Waals surface area contributed by atoms with E-state index in [9.17, 15) is 93.2 Å². The van der Waals surface area contributed by atoms with E-state index in [0.717, 1.165) is 33.6 Å². The molecule has 1 unspecified atom stereocenters. The van der Waals surface area contributed by atoms with Crippen LogP contribution in [0.1, 0.15) is 173 Å². The summed E-state index contributed by atoms with van der Waals surface area (Å²) in [6, 6.07) is 37.7. The molecule has 7 aliphatic rings. The van der Waals surface area contributed by atoms with Crippen molar-refractivity contribution in [1.82, 2.24) is 29.4 Å². The number of esters is 2. The first-order chi connectivity index (χ1) is 64.6. The number of nitrogens with two attached hydrogens (primary N) is 1. The van der Waals surface area contributed by atoms with Gasteiger partial charge in [-0.15, -0.1) is 0 Å². The van der Waals surface area contributed by atoms with Crippen molar-refractivity contribution in [2.75, 3.05) is 118 Å². The Bertz CT molecular complexity index is 6640. The highest BCUT2D eigenvalue weighted by Crippen LogP contribution is 2.46. The van der Waals surface area contributed by atoms with Gasteiger partial charge in [0.25, 0.3) is 57.2 Å². The van der Waals surface area contributed by atoms with E-state index in [1.165, 1.54) is 47.1 Å². The number of carbonyl (C=O) groups excluding carboxylic acids is 8. The molecule has 18 rings (SSSR count). The molecule has 1 atom stereocenters. The first-order valence-corrected chi connectivity index (χ1v) is 43.5. The van der Waals surface area contributed by atoms with Gasteiger partial charge in [-0.1, -0.05) is 89.6 Å². The van der Waals surface area contributed by atoms with Crippen molar-refractivity contribution in [3.05, 3.63) is 285 Å². The van der Waals surface area contributed by atoms with Crippen LogP contribution >= 0.6 is 15.9 Å². The van der Waals surface area contributed by atoms with E-state index in [-0.39, 0.29) is 139 Å². The van der Waals surface area contributed by atoms with E-state index in [0.29, 0.717) is 139 Å². The molecule has 136 heavy (non-hydrogen) atoms. The van der Waals surface area contributed by atoms with Crippen molar-refractivity contribution in [1.29, 1.82) is 0 Å². The molecule has 6 amide bonds. The summed E-state index contributed by atoms with van der Waals surface area (Å²) in [5.74, 6) is 0.237. The molecule has 1 fully saturated rings. The fourth-order valence-electron chi connectivity index (χ4n) is 15.7. The predicted octanol–water partition coefficient (Wildman–Crippen LogP) is 11.8. The Morgan fingerprint density at radius 3 is 1.34 bits per heavy atom. The number of nitro benzene ring substituents is 1. The number of ether oxygens (including phenoxy) is 7. The molecule has 0 radical (unpaired) electrons. The number of benzene rings is 8. The minimum atomic E-state index is -0.707. The lowest BCUT2D eigenvalue weighted by Crippen LogP contribution is -2.49. The molecule has 7 aliphatic heterocycles. The van der Waals surface area contributed by atoms with Crippen LogP contribution in [0.25, 0.3) is 0 Å². The van der Waals surface area contributed by atoms with Crippen LogP contribution in [-0.2, 0) is 58.8 Å². The third-order valence-corrected chi connectivity index (χ3v) is 23.5. The molecule has 10 N–H and O–H groups in total. The van der Waals surface area contributed by atoms with Crippen molar-refractivity contribution >= 4 is 103 Å². The molecule has 10 aromatic carbocycles. The van der Waals surface area contributed by atoms with Crippen LogP contribution in [0.4, 0.5) is 39.8 Å². The smallest absolute Gasteiger partial charge is 0.342 e. The predicted molar refractivity (Wildman–Crippen MR) is 504 cm³/mol. The van der Waals surface area contributed by atoms with Crippen LogP contribution in [0.15, 0.2) is 157 Å². The van der Waals surface area contributed by atoms with E-state index in [2.05, 4.69) is 31.9 Å². The number of amides is 6. The van der Waals surface area contributed by atoms with Gasteiger partial charge in [-0.3, -0.25) is 58.1 Å². The quantitative estimate of drug-likeness (QED) is 0.00690. The van der Waals surface area contributed by atoms with Crippen LogP contribution in [0.3, 0.4) is 0 Å². The van der Waals surface area contributed by atoms with E-state index < -0.39 is 44.1 Å². The number of nitrogen functional groups attached to an aromatic ring is 1. The van der Waals surface area contributed by atoms with Gasteiger partial charge in [0, 0.05) is 98.4 Å². The summed E-state index contributed by atoms with van der Waals surface area (Å²) in [7, 11) is 14.7. The molecule has 0 aliphatic carbocycles. The lowest BCUT2D eigenvalue weighted by molar-refractivity contribution is -0.385. The van der Waals surface area contributed by atoms with Crippen LogP contribution in [0, 0.1) is 29.4 Å². The number of aromatic hydroxyl groups is 5. The summed E-state index contributed by atoms with van der Waals surface area (Å²) in [6.07, 6.45) is 0. The van der Waals surface area contributed by atoms with E-state index in [4.69, 9.17) is 43.3 Å². The minimum Gasteiger partial charge on any atom is -0.507 e. The number of hydrogen-bond donors (Lipinski definition) is 9. The van der Waals surface area contributed by atoms with Crippen molar-refractivity contribution < 1.29 is 106 Å². The molecule has 8 heterocycles. The Labute approximate surface area is 787 Å². The molecule has 0 saturated carbocycles. The Morgan fingerprint density at radius 1 is 0.478 bits per heavy atom. The zero-order valence-electron chi connectivity index (χ0n) is 77.1. The molecule has 0 spiro atoms. The lowest BCUT2D eigenvalue weighted by Gasteiger charge is -2.44. The lowest BCUT2D eigenvalue weighted by atomic mass is 9.79. The standard InChI is InChI=1S/C23H23N3O6.C15H14N2O5.C11H13BrO3.C11H14O3.C10H11NO2.C9H8N2O4.C9H10N2O2.C9H9NO2/c1-11-4-7-14(32-11)21(23(2)9-31-10-23)25-17-16(19(28)20(17)29)24-13-6-5-12-8-26(3)22(30)15(12)18(13)27;1-3-22-14-10(12(19)13(14)20)16-8-5-4-7-6-17(2)15(21)9(7)11(8)18;1-3-15-11(13)10-8(7-12)5-4-6-9(10)14-2;1-4-14-11(12)10-8(2)6-5-7-9(10)13-3;1-11-6-7-4-3-5-8(13-2)9(7)10(11)12;1-10-4-5-2-3-6(11(14)15)8(12)7(5)9(10)13;1-11-4-5-2-3-6(10)8(12)7(5)9(11)13;1-10-5-6-3-2-4-7(11)8(6)9(10)12/h4-7,21,24-25,27H,8-10H2,1-3H3;4-5,16,18H,3,6H2,1-2H3;4-6H,3,7H2,1-2H3;5-7H,4H2,1-3H3;3-5H,6H2,1-2H3;2-3,12H,4H2,1H3;2-3,12H,4,10H2,1H3;2-4,11H,5H2,1H3. The minimum absolute atomic E-state index is 0.000834. The molecule has 0 bridgehead atoms. The van der Waals surface area contributed by atoms with E-state index in [1.54, 1.807) is 139 Å². The summed E-state index contributed by atoms with van der Waals surface area (Å²) in [6.45, 7) is 15.9. The Kier molecular flexibility index (Phi) is 31.7. The Hall–Kier alpha value is -15.8. The molecular formula is C97H102BrN11O27. The number of halogens is 1. The van der Waals surface area contributed by atoms with Gasteiger partial charge in [-0.25, -0.2) is 9.59 Å². The van der Waals surface area contributed by atoms with Gasteiger partial charge in [0.05, 0.1) is 116 Å². The van der Waals surface area contributed by atoms with Gasteiger partial charge in [0.2, 0.25) is 5.75 Å². The number of methoxy groups -OCH3 is 3. The molecular weight excluding hydrogens is 1830 g/mol. The zero-order chi connectivity index (χ0) is 99.5. The third-order valence-electron chi connectivity index (χ3n) is 22.9. The molecule has 39 heteroatoms. The van der Waals surface area contributed by atoms with Crippen LogP contribution in [0.2, 0.25) is 0 Å². The number of anilines is 6. The number of furan rings is 1. The number of nitrogens with one attached hydrogen (secondary N) is 3. The summed E-state index contributed by atoms with van der Waals surface area (Å²) in [5.41, 5.74) is 12.3. The number of rotatable bonds is 19. The summed E-state index contributed by atoms with van der Waals surface area (Å²) < 4.78 is 41.6. The maximum atomic E-state index is 12.4. The molecule has 11 aromatic rings. The highest BCUT2D eigenvalue weighted by Gasteiger charge is 2.46. The zero-order valence-corrected chi connectivity index (χ0v) is 78.7. The number of fused-ring (bicyclic) bond motifs is 6. The van der Waals surface area contributed by atoms with Crippen molar-refractivity contribution in [2.45, 2.75) is 92.2 Å². The second kappa shape index (κ2) is 42.8. The molecule has 714 valence electrons. The van der Waals surface area contributed by atoms with Gasteiger partial charge >= 0.3 is 17.6 Å². The average Bonchev–Trinajstić information content (AvgIpc) is 1.07. The topological polar surface area (TPSA) is 508 Å². The van der Waals surface area contributed by atoms with Crippen LogP contribution in [-0.4, -0.2) is 204 Å². The Morgan fingerprint density at radius 2 is 0.882 bits per heavy atom. The number of alkyl halides is 1. The van der Waals surface area contributed by atoms with Gasteiger partial charge in [-0.2, -0.15) is 0 Å². The van der Waals surface area contributed by atoms with Gasteiger partial charge in [0.15, 0.2) is 23.0 Å². The molecule has 38 nitrogen and oxygen atoms in total.